The smallest absolute Gasteiger partial charge is 0.223 e. The minimum atomic E-state index is 0.169. The Labute approximate surface area is 144 Å². The molecule has 1 saturated carbocycles. The molecule has 1 aromatic rings. The molecule has 130 valence electrons. The molecular formula is C20H28N2O2. The third-order valence-electron chi connectivity index (χ3n) is 5.08. The SMILES string of the molecule is O=C(NCCCC(=O)N1CCCCC1Cc1ccccc1)C1CC1. The van der Waals surface area contributed by atoms with E-state index in [1.807, 2.05) is 6.07 Å². The summed E-state index contributed by atoms with van der Waals surface area (Å²) in [6, 6.07) is 10.8. The van der Waals surface area contributed by atoms with E-state index in [2.05, 4.69) is 34.5 Å². The topological polar surface area (TPSA) is 49.4 Å². The minimum Gasteiger partial charge on any atom is -0.356 e. The highest BCUT2D eigenvalue weighted by molar-refractivity contribution is 5.81. The first kappa shape index (κ1) is 17.0. The zero-order chi connectivity index (χ0) is 16.8. The lowest BCUT2D eigenvalue weighted by Gasteiger charge is -2.36. The average Bonchev–Trinajstić information content (AvgIpc) is 3.45. The summed E-state index contributed by atoms with van der Waals surface area (Å²) in [6.45, 7) is 1.50. The summed E-state index contributed by atoms with van der Waals surface area (Å²) in [5, 5.41) is 2.94. The zero-order valence-corrected chi connectivity index (χ0v) is 14.4. The number of nitrogens with zero attached hydrogens (tertiary/aromatic N) is 1. The van der Waals surface area contributed by atoms with E-state index in [1.54, 1.807) is 0 Å². The minimum absolute atomic E-state index is 0.169. The number of rotatable bonds is 7. The predicted molar refractivity (Wildman–Crippen MR) is 94.5 cm³/mol. The molecule has 2 amide bonds. The van der Waals surface area contributed by atoms with Crippen LogP contribution in [0.25, 0.3) is 0 Å². The fraction of sp³-hybridized carbons (Fsp3) is 0.600. The van der Waals surface area contributed by atoms with Crippen molar-refractivity contribution < 1.29 is 9.59 Å². The van der Waals surface area contributed by atoms with Crippen molar-refractivity contribution in [1.29, 1.82) is 0 Å². The lowest BCUT2D eigenvalue weighted by molar-refractivity contribution is -0.135. The van der Waals surface area contributed by atoms with Crippen LogP contribution in [-0.2, 0) is 16.0 Å². The van der Waals surface area contributed by atoms with E-state index in [1.165, 1.54) is 12.0 Å². The molecule has 0 radical (unpaired) electrons. The highest BCUT2D eigenvalue weighted by atomic mass is 16.2. The quantitative estimate of drug-likeness (QED) is 0.783. The van der Waals surface area contributed by atoms with Crippen LogP contribution < -0.4 is 5.32 Å². The summed E-state index contributed by atoms with van der Waals surface area (Å²) < 4.78 is 0. The largest absolute Gasteiger partial charge is 0.356 e. The van der Waals surface area contributed by atoms with Crippen molar-refractivity contribution in [2.75, 3.05) is 13.1 Å². The summed E-state index contributed by atoms with van der Waals surface area (Å²) in [6.07, 6.45) is 7.69. The molecule has 1 saturated heterocycles. The molecule has 2 fully saturated rings. The van der Waals surface area contributed by atoms with Crippen LogP contribution in [0.4, 0.5) is 0 Å². The van der Waals surface area contributed by atoms with Crippen molar-refractivity contribution in [3.63, 3.8) is 0 Å². The summed E-state index contributed by atoms with van der Waals surface area (Å²) in [5.74, 6) is 0.664. The lowest BCUT2D eigenvalue weighted by atomic mass is 9.95. The van der Waals surface area contributed by atoms with E-state index in [9.17, 15) is 9.59 Å². The number of carbonyl (C=O) groups excluding carboxylic acids is 2. The first-order valence-corrected chi connectivity index (χ1v) is 9.35. The lowest BCUT2D eigenvalue weighted by Crippen LogP contribution is -2.45. The molecular weight excluding hydrogens is 300 g/mol. The molecule has 1 aliphatic carbocycles. The van der Waals surface area contributed by atoms with E-state index >= 15 is 0 Å². The highest BCUT2D eigenvalue weighted by Crippen LogP contribution is 2.28. The van der Waals surface area contributed by atoms with Crippen molar-refractivity contribution >= 4 is 11.8 Å². The Morgan fingerprint density at radius 2 is 1.88 bits per heavy atom. The van der Waals surface area contributed by atoms with Gasteiger partial charge in [-0.05, 0) is 50.5 Å². The Kier molecular flexibility index (Phi) is 5.89. The fourth-order valence-electron chi connectivity index (χ4n) is 3.51. The van der Waals surface area contributed by atoms with Crippen molar-refractivity contribution in [2.24, 2.45) is 5.92 Å². The normalized spacial score (nSPS) is 20.7. The molecule has 4 heteroatoms. The molecule has 0 aromatic heterocycles. The Morgan fingerprint density at radius 3 is 2.62 bits per heavy atom. The van der Waals surface area contributed by atoms with Gasteiger partial charge in [0.15, 0.2) is 0 Å². The highest BCUT2D eigenvalue weighted by Gasteiger charge is 2.29. The average molecular weight is 328 g/mol. The number of benzene rings is 1. The van der Waals surface area contributed by atoms with Gasteiger partial charge in [-0.15, -0.1) is 0 Å². The van der Waals surface area contributed by atoms with Gasteiger partial charge in [0, 0.05) is 31.5 Å². The van der Waals surface area contributed by atoms with E-state index in [-0.39, 0.29) is 17.7 Å². The molecule has 24 heavy (non-hydrogen) atoms. The van der Waals surface area contributed by atoms with Crippen LogP contribution in [0.2, 0.25) is 0 Å². The van der Waals surface area contributed by atoms with Crippen LogP contribution in [0.1, 0.15) is 50.5 Å². The third-order valence-corrected chi connectivity index (χ3v) is 5.08. The fourth-order valence-corrected chi connectivity index (χ4v) is 3.51. The van der Waals surface area contributed by atoms with Crippen LogP contribution in [0, 0.1) is 5.92 Å². The maximum atomic E-state index is 12.6. The summed E-state index contributed by atoms with van der Waals surface area (Å²) in [5.41, 5.74) is 1.30. The molecule has 1 aliphatic heterocycles. The van der Waals surface area contributed by atoms with Crippen molar-refractivity contribution in [2.45, 2.75) is 57.4 Å². The second-order valence-corrected chi connectivity index (χ2v) is 7.10. The molecule has 1 aromatic carbocycles. The Morgan fingerprint density at radius 1 is 1.08 bits per heavy atom. The summed E-state index contributed by atoms with van der Waals surface area (Å²) >= 11 is 0. The van der Waals surface area contributed by atoms with Crippen LogP contribution in [0.15, 0.2) is 30.3 Å². The van der Waals surface area contributed by atoms with Gasteiger partial charge in [0.25, 0.3) is 0 Å². The van der Waals surface area contributed by atoms with E-state index in [4.69, 9.17) is 0 Å². The third kappa shape index (κ3) is 4.83. The molecule has 1 heterocycles. The van der Waals surface area contributed by atoms with Gasteiger partial charge in [-0.1, -0.05) is 30.3 Å². The standard InChI is InChI=1S/C20H28N2O2/c23-19(10-6-13-21-20(24)17-11-12-17)22-14-5-4-9-18(22)15-16-7-2-1-3-8-16/h1-3,7-8,17-18H,4-6,9-15H2,(H,21,24). The molecule has 0 bridgehead atoms. The van der Waals surface area contributed by atoms with E-state index in [0.717, 1.165) is 45.1 Å². The number of likely N-dealkylation sites (tertiary alicyclic amines) is 1. The predicted octanol–water partition coefficient (Wildman–Crippen LogP) is 2.92. The number of hydrogen-bond acceptors (Lipinski definition) is 2. The van der Waals surface area contributed by atoms with Crippen molar-refractivity contribution in [3.05, 3.63) is 35.9 Å². The first-order chi connectivity index (χ1) is 11.7. The number of piperidine rings is 1. The van der Waals surface area contributed by atoms with Gasteiger partial charge in [-0.3, -0.25) is 9.59 Å². The first-order valence-electron chi connectivity index (χ1n) is 9.35. The monoisotopic (exact) mass is 328 g/mol. The Bertz CT molecular complexity index is 554. The Balaban J connectivity index is 1.45. The van der Waals surface area contributed by atoms with Crippen molar-refractivity contribution in [1.82, 2.24) is 10.2 Å². The molecule has 3 rings (SSSR count). The van der Waals surface area contributed by atoms with Crippen LogP contribution >= 0.6 is 0 Å². The van der Waals surface area contributed by atoms with Gasteiger partial charge in [-0.2, -0.15) is 0 Å². The number of amides is 2. The molecule has 4 nitrogen and oxygen atoms in total. The van der Waals surface area contributed by atoms with Crippen LogP contribution in [0.3, 0.4) is 0 Å². The number of nitrogens with one attached hydrogen (secondary N) is 1. The van der Waals surface area contributed by atoms with Gasteiger partial charge >= 0.3 is 0 Å². The maximum Gasteiger partial charge on any atom is 0.223 e. The number of hydrogen-bond donors (Lipinski definition) is 1. The van der Waals surface area contributed by atoms with Gasteiger partial charge in [0.1, 0.15) is 0 Å². The van der Waals surface area contributed by atoms with Gasteiger partial charge in [0.2, 0.25) is 11.8 Å². The van der Waals surface area contributed by atoms with Gasteiger partial charge in [0.05, 0.1) is 0 Å². The van der Waals surface area contributed by atoms with E-state index < -0.39 is 0 Å². The van der Waals surface area contributed by atoms with Crippen LogP contribution in [-0.4, -0.2) is 35.8 Å². The van der Waals surface area contributed by atoms with Crippen molar-refractivity contribution in [3.8, 4) is 0 Å². The molecule has 1 N–H and O–H groups in total. The van der Waals surface area contributed by atoms with Crippen LogP contribution in [0.5, 0.6) is 0 Å². The van der Waals surface area contributed by atoms with E-state index in [0.29, 0.717) is 19.0 Å². The summed E-state index contributed by atoms with van der Waals surface area (Å²) in [4.78, 5) is 26.3. The second kappa shape index (κ2) is 8.32. The molecule has 1 unspecified atom stereocenters. The van der Waals surface area contributed by atoms with Gasteiger partial charge < -0.3 is 10.2 Å². The second-order valence-electron chi connectivity index (χ2n) is 7.10. The zero-order valence-electron chi connectivity index (χ0n) is 14.4. The molecule has 1 atom stereocenters. The molecule has 2 aliphatic rings. The molecule has 0 spiro atoms. The summed E-state index contributed by atoms with van der Waals surface area (Å²) in [7, 11) is 0. The Hall–Kier alpha value is -1.84. The number of carbonyl (C=O) groups is 2. The maximum absolute atomic E-state index is 12.6. The van der Waals surface area contributed by atoms with Gasteiger partial charge in [-0.25, -0.2) is 0 Å².